The van der Waals surface area contributed by atoms with Crippen LogP contribution in [-0.2, 0) is 9.53 Å². The van der Waals surface area contributed by atoms with Gasteiger partial charge < -0.3 is 14.2 Å². The number of amides is 1. The Hall–Kier alpha value is -1.40. The molecule has 3 heterocycles. The molecule has 0 radical (unpaired) electrons. The summed E-state index contributed by atoms with van der Waals surface area (Å²) in [6.07, 6.45) is 6.12. The predicted molar refractivity (Wildman–Crippen MR) is 93.0 cm³/mol. The van der Waals surface area contributed by atoms with Crippen molar-refractivity contribution in [1.29, 1.82) is 0 Å². The fraction of sp³-hybridized carbons (Fsp3) is 0.778. The first-order valence-corrected chi connectivity index (χ1v) is 9.21. The Morgan fingerprint density at radius 1 is 1.25 bits per heavy atom. The summed E-state index contributed by atoms with van der Waals surface area (Å²) in [5, 5.41) is 0. The monoisotopic (exact) mass is 334 g/mol. The molecule has 6 nitrogen and oxygen atoms in total. The maximum atomic E-state index is 12.9. The molecule has 2 atom stereocenters. The number of carbonyl (C=O) groups excluding carboxylic acids is 1. The van der Waals surface area contributed by atoms with Gasteiger partial charge in [0, 0.05) is 44.5 Å². The number of carbonyl (C=O) groups is 1. The Balaban J connectivity index is 1.66. The third-order valence-electron chi connectivity index (χ3n) is 5.27. The fourth-order valence-corrected chi connectivity index (χ4v) is 3.85. The molecule has 0 saturated carbocycles. The van der Waals surface area contributed by atoms with Crippen molar-refractivity contribution >= 4 is 5.91 Å². The van der Waals surface area contributed by atoms with Crippen molar-refractivity contribution in [3.8, 4) is 0 Å². The third-order valence-corrected chi connectivity index (χ3v) is 5.27. The number of nitrogens with zero attached hydrogens (tertiary/aromatic N) is 4. The Morgan fingerprint density at radius 2 is 2.00 bits per heavy atom. The van der Waals surface area contributed by atoms with Crippen molar-refractivity contribution < 1.29 is 9.53 Å². The molecule has 24 heavy (non-hydrogen) atoms. The number of ether oxygens (including phenoxy) is 1. The van der Waals surface area contributed by atoms with Crippen LogP contribution in [0.25, 0.3) is 0 Å². The smallest absolute Gasteiger partial charge is 0.239 e. The maximum absolute atomic E-state index is 12.9. The van der Waals surface area contributed by atoms with Gasteiger partial charge in [0.1, 0.15) is 5.82 Å². The lowest BCUT2D eigenvalue weighted by Crippen LogP contribution is -2.53. The van der Waals surface area contributed by atoms with Crippen LogP contribution in [0.4, 0.5) is 0 Å². The van der Waals surface area contributed by atoms with Crippen LogP contribution < -0.4 is 0 Å². The Kier molecular flexibility index (Phi) is 5.56. The molecule has 134 valence electrons. The van der Waals surface area contributed by atoms with Gasteiger partial charge in [-0.15, -0.1) is 0 Å². The fourth-order valence-electron chi connectivity index (χ4n) is 3.85. The van der Waals surface area contributed by atoms with Gasteiger partial charge >= 0.3 is 0 Å². The summed E-state index contributed by atoms with van der Waals surface area (Å²) in [5.41, 5.74) is 0. The average molecular weight is 334 g/mol. The van der Waals surface area contributed by atoms with E-state index in [0.717, 1.165) is 58.1 Å². The molecule has 6 heteroatoms. The first-order chi connectivity index (χ1) is 11.6. The highest BCUT2D eigenvalue weighted by Gasteiger charge is 2.31. The van der Waals surface area contributed by atoms with Gasteiger partial charge in [0.15, 0.2) is 0 Å². The molecular formula is C18H30N4O2. The van der Waals surface area contributed by atoms with Crippen molar-refractivity contribution in [2.45, 2.75) is 51.6 Å². The van der Waals surface area contributed by atoms with Crippen molar-refractivity contribution in [3.05, 3.63) is 18.2 Å². The zero-order valence-electron chi connectivity index (χ0n) is 15.1. The maximum Gasteiger partial charge on any atom is 0.239 e. The van der Waals surface area contributed by atoms with Gasteiger partial charge in [-0.3, -0.25) is 9.69 Å². The van der Waals surface area contributed by atoms with E-state index in [0.29, 0.717) is 12.0 Å². The van der Waals surface area contributed by atoms with E-state index >= 15 is 0 Å². The van der Waals surface area contributed by atoms with Gasteiger partial charge in [0.05, 0.1) is 25.3 Å². The lowest BCUT2D eigenvalue weighted by Gasteiger charge is -2.39. The molecule has 3 rings (SSSR count). The molecule has 0 N–H and O–H groups in total. The summed E-state index contributed by atoms with van der Waals surface area (Å²) in [5.74, 6) is 1.78. The normalized spacial score (nSPS) is 24.3. The lowest BCUT2D eigenvalue weighted by atomic mass is 10.0. The molecule has 0 spiro atoms. The molecule has 1 amide bonds. The standard InChI is InChI=1S/C18H30N4O2/c1-14(2)17-19-6-8-22(17)16-5-4-7-21(13-16)18(23)15(3)20-9-11-24-12-10-20/h6,8,14-16H,4-5,7,9-13H2,1-3H3/t15-,16-/m0/s1. The lowest BCUT2D eigenvalue weighted by molar-refractivity contribution is -0.139. The second kappa shape index (κ2) is 7.66. The number of imidazole rings is 1. The first-order valence-electron chi connectivity index (χ1n) is 9.21. The number of rotatable bonds is 4. The number of aromatic nitrogens is 2. The van der Waals surface area contributed by atoms with Crippen molar-refractivity contribution in [3.63, 3.8) is 0 Å². The Bertz CT molecular complexity index is 551. The molecule has 0 aromatic carbocycles. The van der Waals surface area contributed by atoms with E-state index in [1.54, 1.807) is 0 Å². The molecule has 2 saturated heterocycles. The molecule has 0 bridgehead atoms. The van der Waals surface area contributed by atoms with Gasteiger partial charge in [0.2, 0.25) is 5.91 Å². The molecule has 2 aliphatic heterocycles. The minimum absolute atomic E-state index is 0.0555. The topological polar surface area (TPSA) is 50.6 Å². The molecule has 1 aromatic heterocycles. The van der Waals surface area contributed by atoms with Gasteiger partial charge in [-0.2, -0.15) is 0 Å². The second-order valence-corrected chi connectivity index (χ2v) is 7.25. The summed E-state index contributed by atoms with van der Waals surface area (Å²) >= 11 is 0. The van der Waals surface area contributed by atoms with Gasteiger partial charge in [-0.1, -0.05) is 13.8 Å². The van der Waals surface area contributed by atoms with E-state index in [4.69, 9.17) is 4.74 Å². The summed E-state index contributed by atoms with van der Waals surface area (Å²) in [7, 11) is 0. The molecule has 1 aromatic rings. The van der Waals surface area contributed by atoms with Crippen LogP contribution in [0.1, 0.15) is 51.4 Å². The third kappa shape index (κ3) is 3.64. The number of hydrogen-bond donors (Lipinski definition) is 0. The van der Waals surface area contributed by atoms with Crippen LogP contribution in [-0.4, -0.2) is 70.7 Å². The zero-order chi connectivity index (χ0) is 17.1. The zero-order valence-corrected chi connectivity index (χ0v) is 15.1. The number of likely N-dealkylation sites (tertiary alicyclic amines) is 1. The molecule has 2 aliphatic rings. The van der Waals surface area contributed by atoms with Gasteiger partial charge in [-0.25, -0.2) is 4.98 Å². The average Bonchev–Trinajstić information content (AvgIpc) is 3.11. The summed E-state index contributed by atoms with van der Waals surface area (Å²) in [6, 6.07) is 0.291. The molecule has 0 aliphatic carbocycles. The summed E-state index contributed by atoms with van der Waals surface area (Å²) < 4.78 is 7.68. The van der Waals surface area contributed by atoms with Crippen molar-refractivity contribution in [2.75, 3.05) is 39.4 Å². The molecular weight excluding hydrogens is 304 g/mol. The van der Waals surface area contributed by atoms with Crippen LogP contribution in [0.2, 0.25) is 0 Å². The van der Waals surface area contributed by atoms with Crippen molar-refractivity contribution in [1.82, 2.24) is 19.4 Å². The minimum Gasteiger partial charge on any atom is -0.379 e. The predicted octanol–water partition coefficient (Wildman–Crippen LogP) is 1.89. The summed E-state index contributed by atoms with van der Waals surface area (Å²) in [4.78, 5) is 21.8. The van der Waals surface area contributed by atoms with Crippen LogP contribution >= 0.6 is 0 Å². The highest BCUT2D eigenvalue weighted by atomic mass is 16.5. The number of piperidine rings is 1. The minimum atomic E-state index is -0.0555. The largest absolute Gasteiger partial charge is 0.379 e. The van der Waals surface area contributed by atoms with Crippen molar-refractivity contribution in [2.24, 2.45) is 0 Å². The van der Waals surface area contributed by atoms with E-state index in [1.807, 2.05) is 13.1 Å². The van der Waals surface area contributed by atoms with E-state index in [9.17, 15) is 4.79 Å². The molecule has 2 fully saturated rings. The van der Waals surface area contributed by atoms with E-state index in [1.165, 1.54) is 0 Å². The summed E-state index contributed by atoms with van der Waals surface area (Å²) in [6.45, 7) is 11.2. The van der Waals surface area contributed by atoms with E-state index in [-0.39, 0.29) is 11.9 Å². The number of morpholine rings is 1. The van der Waals surface area contributed by atoms with Crippen LogP contribution in [0.3, 0.4) is 0 Å². The Morgan fingerprint density at radius 3 is 2.71 bits per heavy atom. The Labute approximate surface area is 144 Å². The highest BCUT2D eigenvalue weighted by Crippen LogP contribution is 2.26. The first kappa shape index (κ1) is 17.4. The number of hydrogen-bond acceptors (Lipinski definition) is 4. The van der Waals surface area contributed by atoms with Crippen LogP contribution in [0.5, 0.6) is 0 Å². The quantitative estimate of drug-likeness (QED) is 0.844. The van der Waals surface area contributed by atoms with E-state index < -0.39 is 0 Å². The SMILES string of the molecule is CC(C)c1nccn1[C@H]1CCCN(C(=O)[C@H](C)N2CCOCC2)C1. The van der Waals surface area contributed by atoms with Crippen LogP contribution in [0, 0.1) is 0 Å². The van der Waals surface area contributed by atoms with Crippen LogP contribution in [0.15, 0.2) is 12.4 Å². The highest BCUT2D eigenvalue weighted by molar-refractivity contribution is 5.81. The van der Waals surface area contributed by atoms with Gasteiger partial charge in [0.25, 0.3) is 0 Å². The second-order valence-electron chi connectivity index (χ2n) is 7.25. The molecule has 0 unspecified atom stereocenters. The van der Waals surface area contributed by atoms with E-state index in [2.05, 4.69) is 39.4 Å². The van der Waals surface area contributed by atoms with Gasteiger partial charge in [-0.05, 0) is 19.8 Å².